The molecular weight excluding hydrogens is 304 g/mol. The van der Waals surface area contributed by atoms with E-state index in [1.165, 1.54) is 4.57 Å². The molecule has 0 aliphatic carbocycles. The maximum Gasteiger partial charge on any atom is 0.263 e. The van der Waals surface area contributed by atoms with Gasteiger partial charge < -0.3 is 10.7 Å². The van der Waals surface area contributed by atoms with Gasteiger partial charge in [-0.15, -0.1) is 0 Å². The first-order chi connectivity index (χ1) is 10.5. The van der Waals surface area contributed by atoms with Crippen molar-refractivity contribution in [2.24, 2.45) is 5.73 Å². The molecule has 0 atom stereocenters. The highest BCUT2D eigenvalue weighted by atomic mass is 35.5. The second-order valence-electron chi connectivity index (χ2n) is 5.02. The average Bonchev–Trinajstić information content (AvgIpc) is 2.82. The molecule has 7 heteroatoms. The summed E-state index contributed by atoms with van der Waals surface area (Å²) in [4.78, 5) is 31.4. The topological polar surface area (TPSA) is 93.8 Å². The summed E-state index contributed by atoms with van der Waals surface area (Å²) in [6.45, 7) is 1.59. The Morgan fingerprint density at radius 1 is 1.41 bits per heavy atom. The molecule has 0 saturated carbocycles. The van der Waals surface area contributed by atoms with Gasteiger partial charge in [0.15, 0.2) is 0 Å². The number of H-pyrrole nitrogens is 1. The zero-order chi connectivity index (χ0) is 15.9. The van der Waals surface area contributed by atoms with Crippen LogP contribution in [0.1, 0.15) is 5.69 Å². The number of hydrogen-bond acceptors (Lipinski definition) is 3. The van der Waals surface area contributed by atoms with E-state index in [0.29, 0.717) is 27.4 Å². The number of hydrogen-bond donors (Lipinski definition) is 2. The number of carbonyl (C=O) groups excluding carboxylic acids is 1. The van der Waals surface area contributed by atoms with Gasteiger partial charge in [-0.3, -0.25) is 14.2 Å². The van der Waals surface area contributed by atoms with Gasteiger partial charge in [-0.2, -0.15) is 0 Å². The van der Waals surface area contributed by atoms with Crippen LogP contribution in [0.5, 0.6) is 0 Å². The van der Waals surface area contributed by atoms with Crippen LogP contribution in [0.3, 0.4) is 0 Å². The van der Waals surface area contributed by atoms with Crippen LogP contribution in [0.15, 0.2) is 35.1 Å². The van der Waals surface area contributed by atoms with Crippen LogP contribution in [-0.2, 0) is 11.3 Å². The largest absolute Gasteiger partial charge is 0.368 e. The Morgan fingerprint density at radius 2 is 2.18 bits per heavy atom. The zero-order valence-corrected chi connectivity index (χ0v) is 12.5. The molecule has 1 aromatic carbocycles. The summed E-state index contributed by atoms with van der Waals surface area (Å²) < 4.78 is 1.27. The number of nitrogens with two attached hydrogens (primary N) is 1. The first-order valence-corrected chi connectivity index (χ1v) is 6.98. The van der Waals surface area contributed by atoms with Crippen molar-refractivity contribution in [3.8, 4) is 11.4 Å². The van der Waals surface area contributed by atoms with E-state index in [1.807, 2.05) is 6.92 Å². The lowest BCUT2D eigenvalue weighted by molar-refractivity contribution is -0.118. The number of aromatic amines is 1. The summed E-state index contributed by atoms with van der Waals surface area (Å²) in [6, 6.07) is 8.63. The normalized spacial score (nSPS) is 11.0. The van der Waals surface area contributed by atoms with Crippen LogP contribution in [0.2, 0.25) is 5.02 Å². The van der Waals surface area contributed by atoms with Gasteiger partial charge in [0.25, 0.3) is 5.56 Å². The number of carbonyl (C=O) groups is 1. The van der Waals surface area contributed by atoms with Crippen molar-refractivity contribution in [1.82, 2.24) is 14.5 Å². The Balaban J connectivity index is 2.35. The number of benzene rings is 1. The fourth-order valence-electron chi connectivity index (χ4n) is 2.38. The molecule has 22 heavy (non-hydrogen) atoms. The molecule has 0 spiro atoms. The molecule has 0 radical (unpaired) electrons. The van der Waals surface area contributed by atoms with E-state index in [4.69, 9.17) is 17.3 Å². The highest BCUT2D eigenvalue weighted by Gasteiger charge is 2.16. The summed E-state index contributed by atoms with van der Waals surface area (Å²) in [5.74, 6) is -0.264. The molecule has 2 aromatic heterocycles. The van der Waals surface area contributed by atoms with E-state index in [9.17, 15) is 9.59 Å². The predicted octanol–water partition coefficient (Wildman–Crippen LogP) is 1.84. The Kier molecular flexibility index (Phi) is 3.46. The molecule has 0 unspecified atom stereocenters. The van der Waals surface area contributed by atoms with Crippen molar-refractivity contribution in [2.75, 3.05) is 0 Å². The molecule has 112 valence electrons. The fourth-order valence-corrected chi connectivity index (χ4v) is 2.57. The molecule has 0 saturated heterocycles. The van der Waals surface area contributed by atoms with Crippen LogP contribution in [0, 0.1) is 6.92 Å². The Bertz CT molecular complexity index is 942. The van der Waals surface area contributed by atoms with E-state index in [-0.39, 0.29) is 12.1 Å². The summed E-state index contributed by atoms with van der Waals surface area (Å²) in [6.07, 6.45) is 0. The number of amides is 1. The number of aryl methyl sites for hydroxylation is 1. The molecule has 3 N–H and O–H groups in total. The Labute approximate surface area is 130 Å². The number of aromatic nitrogens is 3. The van der Waals surface area contributed by atoms with Crippen molar-refractivity contribution in [3.63, 3.8) is 0 Å². The molecule has 0 fully saturated rings. The van der Waals surface area contributed by atoms with Gasteiger partial charge in [0.05, 0.1) is 5.39 Å². The minimum atomic E-state index is -0.612. The Morgan fingerprint density at radius 3 is 2.86 bits per heavy atom. The first kappa shape index (κ1) is 14.3. The average molecular weight is 317 g/mol. The second kappa shape index (κ2) is 5.31. The molecule has 2 heterocycles. The smallest absolute Gasteiger partial charge is 0.263 e. The van der Waals surface area contributed by atoms with Gasteiger partial charge in [0, 0.05) is 16.3 Å². The standard InChI is InChI=1S/C15H13ClN4O2/c1-8-5-11-13(18-8)19-14(9-3-2-4-10(16)6-9)20(15(11)22)7-12(17)21/h2-6,18H,7H2,1H3,(H2,17,21). The Hall–Kier alpha value is -2.60. The van der Waals surface area contributed by atoms with Crippen LogP contribution >= 0.6 is 11.6 Å². The molecule has 0 aliphatic rings. The highest BCUT2D eigenvalue weighted by Crippen LogP contribution is 2.22. The first-order valence-electron chi connectivity index (χ1n) is 6.60. The van der Waals surface area contributed by atoms with Gasteiger partial charge in [-0.05, 0) is 25.1 Å². The number of primary amides is 1. The van der Waals surface area contributed by atoms with Gasteiger partial charge in [-0.25, -0.2) is 4.98 Å². The van der Waals surface area contributed by atoms with Crippen molar-refractivity contribution in [3.05, 3.63) is 51.4 Å². The third-order valence-electron chi connectivity index (χ3n) is 3.28. The van der Waals surface area contributed by atoms with Crippen molar-refractivity contribution < 1.29 is 4.79 Å². The number of nitrogens with one attached hydrogen (secondary N) is 1. The van der Waals surface area contributed by atoms with Gasteiger partial charge in [0.2, 0.25) is 5.91 Å². The van der Waals surface area contributed by atoms with E-state index < -0.39 is 5.91 Å². The summed E-state index contributed by atoms with van der Waals surface area (Å²) in [5, 5.41) is 0.935. The van der Waals surface area contributed by atoms with Crippen LogP contribution < -0.4 is 11.3 Å². The SMILES string of the molecule is Cc1cc2c(=O)n(CC(N)=O)c(-c3cccc(Cl)c3)nc2[nH]1. The second-order valence-corrected chi connectivity index (χ2v) is 5.45. The maximum absolute atomic E-state index is 12.6. The number of rotatable bonds is 3. The van der Waals surface area contributed by atoms with E-state index in [1.54, 1.807) is 30.3 Å². The molecule has 0 aliphatic heterocycles. The highest BCUT2D eigenvalue weighted by molar-refractivity contribution is 6.30. The van der Waals surface area contributed by atoms with Gasteiger partial charge in [0.1, 0.15) is 18.0 Å². The lowest BCUT2D eigenvalue weighted by Crippen LogP contribution is -2.30. The summed E-state index contributed by atoms with van der Waals surface area (Å²) in [5.41, 5.74) is 6.87. The van der Waals surface area contributed by atoms with Crippen molar-refractivity contribution in [1.29, 1.82) is 0 Å². The van der Waals surface area contributed by atoms with Gasteiger partial charge in [-0.1, -0.05) is 23.7 Å². The van der Waals surface area contributed by atoms with E-state index in [2.05, 4.69) is 9.97 Å². The van der Waals surface area contributed by atoms with Crippen LogP contribution in [0.4, 0.5) is 0 Å². The molecule has 1 amide bonds. The lowest BCUT2D eigenvalue weighted by Gasteiger charge is -2.11. The minimum absolute atomic E-state index is 0.242. The molecule has 0 bridgehead atoms. The fraction of sp³-hybridized carbons (Fsp3) is 0.133. The van der Waals surface area contributed by atoms with Crippen LogP contribution in [0.25, 0.3) is 22.4 Å². The quantitative estimate of drug-likeness (QED) is 0.772. The van der Waals surface area contributed by atoms with Crippen LogP contribution in [-0.4, -0.2) is 20.4 Å². The summed E-state index contributed by atoms with van der Waals surface area (Å²) in [7, 11) is 0. The van der Waals surface area contributed by atoms with Crippen molar-refractivity contribution in [2.45, 2.75) is 13.5 Å². The number of nitrogens with zero attached hydrogens (tertiary/aromatic N) is 2. The molecular formula is C15H13ClN4O2. The third kappa shape index (κ3) is 2.48. The molecule has 3 aromatic rings. The van der Waals surface area contributed by atoms with E-state index >= 15 is 0 Å². The molecule has 6 nitrogen and oxygen atoms in total. The minimum Gasteiger partial charge on any atom is -0.368 e. The molecule has 3 rings (SSSR count). The number of fused-ring (bicyclic) bond motifs is 1. The lowest BCUT2D eigenvalue weighted by atomic mass is 10.2. The maximum atomic E-state index is 12.6. The van der Waals surface area contributed by atoms with Gasteiger partial charge >= 0.3 is 0 Å². The third-order valence-corrected chi connectivity index (χ3v) is 3.51. The number of halogens is 1. The van der Waals surface area contributed by atoms with E-state index in [0.717, 1.165) is 5.69 Å². The zero-order valence-electron chi connectivity index (χ0n) is 11.8. The summed E-state index contributed by atoms with van der Waals surface area (Å²) >= 11 is 6.00. The van der Waals surface area contributed by atoms with Crippen molar-refractivity contribution >= 4 is 28.5 Å². The monoisotopic (exact) mass is 316 g/mol. The predicted molar refractivity (Wildman–Crippen MR) is 84.7 cm³/mol.